The van der Waals surface area contributed by atoms with E-state index in [-0.39, 0.29) is 29.7 Å². The molecule has 2 aliphatic heterocycles. The molecule has 2 atom stereocenters. The monoisotopic (exact) mass is 442 g/mol. The molecule has 1 aromatic heterocycles. The topological polar surface area (TPSA) is 100.0 Å². The molecule has 2 N–H and O–H groups in total. The van der Waals surface area contributed by atoms with Crippen LogP contribution in [0.25, 0.3) is 5.76 Å². The van der Waals surface area contributed by atoms with Crippen molar-refractivity contribution in [1.29, 1.82) is 0 Å². The Kier molecular flexibility index (Phi) is 5.09. The van der Waals surface area contributed by atoms with Crippen LogP contribution in [-0.4, -0.2) is 37.9 Å². The Morgan fingerprint density at radius 3 is 2.67 bits per heavy atom. The number of phenolic OH excluding ortho intramolecular Hbond substituents is 1. The molecule has 1 fully saturated rings. The van der Waals surface area contributed by atoms with Crippen LogP contribution in [0, 0.1) is 0 Å². The highest BCUT2D eigenvalue weighted by atomic mass is 16.5. The highest BCUT2D eigenvalue weighted by molar-refractivity contribution is 6.46. The summed E-state index contributed by atoms with van der Waals surface area (Å²) in [5.41, 5.74) is 2.69. The summed E-state index contributed by atoms with van der Waals surface area (Å²) in [6.45, 7) is 2.12. The second-order valence-electron chi connectivity index (χ2n) is 8.33. The van der Waals surface area contributed by atoms with Gasteiger partial charge in [0, 0.05) is 30.9 Å². The first-order valence-corrected chi connectivity index (χ1v) is 10.7. The number of benzene rings is 2. The predicted molar refractivity (Wildman–Crippen MR) is 120 cm³/mol. The van der Waals surface area contributed by atoms with Gasteiger partial charge in [0.25, 0.3) is 11.7 Å². The summed E-state index contributed by atoms with van der Waals surface area (Å²) in [4.78, 5) is 31.7. The van der Waals surface area contributed by atoms with Crippen molar-refractivity contribution in [2.45, 2.75) is 32.0 Å². The number of aliphatic hydroxyl groups excluding tert-OH is 1. The summed E-state index contributed by atoms with van der Waals surface area (Å²) >= 11 is 0. The maximum absolute atomic E-state index is 13.2. The second kappa shape index (κ2) is 8.09. The SMILES string of the molecule is CC1Cc2cc(/C(O)=C3\C(=O)C(=O)N(Cc4ccncc4)C3c3cccc(O)c3)ccc2O1. The van der Waals surface area contributed by atoms with Gasteiger partial charge in [0.05, 0.1) is 11.6 Å². The third-order valence-corrected chi connectivity index (χ3v) is 6.00. The Balaban J connectivity index is 1.64. The Morgan fingerprint density at radius 1 is 1.12 bits per heavy atom. The van der Waals surface area contributed by atoms with Crippen LogP contribution in [0.3, 0.4) is 0 Å². The van der Waals surface area contributed by atoms with Gasteiger partial charge in [-0.05, 0) is 66.1 Å². The number of ketones is 1. The van der Waals surface area contributed by atoms with Gasteiger partial charge in [0.2, 0.25) is 0 Å². The lowest BCUT2D eigenvalue weighted by Gasteiger charge is -2.25. The van der Waals surface area contributed by atoms with E-state index in [1.165, 1.54) is 17.0 Å². The fraction of sp³-hybridized carbons (Fsp3) is 0.192. The van der Waals surface area contributed by atoms with Gasteiger partial charge in [-0.15, -0.1) is 0 Å². The number of phenols is 1. The lowest BCUT2D eigenvalue weighted by molar-refractivity contribution is -0.140. The van der Waals surface area contributed by atoms with E-state index in [1.54, 1.807) is 54.9 Å². The van der Waals surface area contributed by atoms with Gasteiger partial charge in [-0.3, -0.25) is 14.6 Å². The molecule has 1 amide bonds. The van der Waals surface area contributed by atoms with Crippen LogP contribution in [-0.2, 0) is 22.6 Å². The van der Waals surface area contributed by atoms with Crippen molar-refractivity contribution in [3.05, 3.63) is 94.8 Å². The maximum Gasteiger partial charge on any atom is 0.295 e. The highest BCUT2D eigenvalue weighted by Crippen LogP contribution is 2.41. The van der Waals surface area contributed by atoms with E-state index in [2.05, 4.69) is 4.98 Å². The quantitative estimate of drug-likeness (QED) is 0.363. The number of ether oxygens (including phenoxy) is 1. The molecule has 7 heteroatoms. The van der Waals surface area contributed by atoms with Crippen molar-refractivity contribution in [2.75, 3.05) is 0 Å². The van der Waals surface area contributed by atoms with E-state index in [9.17, 15) is 19.8 Å². The maximum atomic E-state index is 13.2. The number of Topliss-reactive ketones (excluding diaryl/α,β-unsaturated/α-hetero) is 1. The number of pyridine rings is 1. The first-order chi connectivity index (χ1) is 15.9. The van der Waals surface area contributed by atoms with E-state index < -0.39 is 17.7 Å². The van der Waals surface area contributed by atoms with E-state index >= 15 is 0 Å². The number of fused-ring (bicyclic) bond motifs is 1. The van der Waals surface area contributed by atoms with E-state index in [1.807, 2.05) is 6.92 Å². The molecule has 0 radical (unpaired) electrons. The number of rotatable bonds is 4. The molecule has 2 aromatic carbocycles. The molecule has 0 bridgehead atoms. The smallest absolute Gasteiger partial charge is 0.295 e. The molecule has 33 heavy (non-hydrogen) atoms. The summed E-state index contributed by atoms with van der Waals surface area (Å²) in [5, 5.41) is 21.3. The summed E-state index contributed by atoms with van der Waals surface area (Å²) in [5.74, 6) is -0.964. The molecule has 166 valence electrons. The lowest BCUT2D eigenvalue weighted by Crippen LogP contribution is -2.29. The van der Waals surface area contributed by atoms with Gasteiger partial charge in [0.15, 0.2) is 0 Å². The molecule has 2 aliphatic rings. The standard InChI is InChI=1S/C26H22N2O5/c1-15-11-19-12-18(5-6-21(19)33-15)24(30)22-23(17-3-2-4-20(29)13-17)28(26(32)25(22)31)14-16-7-9-27-10-8-16/h2-10,12-13,15,23,29-30H,11,14H2,1H3/b24-22+. The number of amides is 1. The minimum atomic E-state index is -0.853. The molecular weight excluding hydrogens is 420 g/mol. The summed E-state index contributed by atoms with van der Waals surface area (Å²) < 4.78 is 5.73. The Hall–Kier alpha value is -4.13. The van der Waals surface area contributed by atoms with Crippen LogP contribution in [0.2, 0.25) is 0 Å². The van der Waals surface area contributed by atoms with Crippen molar-refractivity contribution in [3.8, 4) is 11.5 Å². The molecule has 0 spiro atoms. The number of hydrogen-bond acceptors (Lipinski definition) is 6. The molecule has 2 unspecified atom stereocenters. The average molecular weight is 442 g/mol. The Bertz CT molecular complexity index is 1280. The van der Waals surface area contributed by atoms with E-state index in [4.69, 9.17) is 4.74 Å². The number of nitrogens with zero attached hydrogens (tertiary/aromatic N) is 2. The van der Waals surface area contributed by atoms with Crippen molar-refractivity contribution >= 4 is 17.4 Å². The molecule has 0 aliphatic carbocycles. The van der Waals surface area contributed by atoms with Crippen LogP contribution in [0.5, 0.6) is 11.5 Å². The van der Waals surface area contributed by atoms with Gasteiger partial charge in [-0.2, -0.15) is 0 Å². The van der Waals surface area contributed by atoms with Crippen LogP contribution >= 0.6 is 0 Å². The first kappa shape index (κ1) is 20.8. The zero-order valence-corrected chi connectivity index (χ0v) is 17.9. The predicted octanol–water partition coefficient (Wildman–Crippen LogP) is 3.73. The number of hydrogen-bond donors (Lipinski definition) is 2. The Morgan fingerprint density at radius 2 is 1.91 bits per heavy atom. The summed E-state index contributed by atoms with van der Waals surface area (Å²) in [7, 11) is 0. The van der Waals surface area contributed by atoms with Crippen molar-refractivity contribution < 1.29 is 24.5 Å². The number of aromatic nitrogens is 1. The number of carbonyl (C=O) groups excluding carboxylic acids is 2. The summed E-state index contributed by atoms with van der Waals surface area (Å²) in [6, 6.07) is 14.3. The average Bonchev–Trinajstić information content (AvgIpc) is 3.30. The number of likely N-dealkylation sites (tertiary alicyclic amines) is 1. The summed E-state index contributed by atoms with van der Waals surface area (Å²) in [6.07, 6.45) is 3.96. The second-order valence-corrected chi connectivity index (χ2v) is 8.33. The van der Waals surface area contributed by atoms with Crippen molar-refractivity contribution in [1.82, 2.24) is 9.88 Å². The zero-order valence-electron chi connectivity index (χ0n) is 17.9. The fourth-order valence-electron chi connectivity index (χ4n) is 4.49. The molecular formula is C26H22N2O5. The van der Waals surface area contributed by atoms with Crippen molar-refractivity contribution in [3.63, 3.8) is 0 Å². The lowest BCUT2D eigenvalue weighted by atomic mass is 9.94. The molecule has 0 saturated carbocycles. The van der Waals surface area contributed by atoms with Crippen LogP contribution < -0.4 is 4.74 Å². The highest BCUT2D eigenvalue weighted by Gasteiger charge is 2.46. The molecule has 3 aromatic rings. The van der Waals surface area contributed by atoms with Crippen LogP contribution in [0.15, 0.2) is 72.6 Å². The number of aromatic hydroxyl groups is 1. The third kappa shape index (κ3) is 3.71. The van der Waals surface area contributed by atoms with Gasteiger partial charge >= 0.3 is 0 Å². The zero-order chi connectivity index (χ0) is 23.1. The number of aliphatic hydroxyl groups is 1. The van der Waals surface area contributed by atoms with Gasteiger partial charge in [0.1, 0.15) is 23.4 Å². The van der Waals surface area contributed by atoms with Gasteiger partial charge in [-0.1, -0.05) is 12.1 Å². The Labute approximate surface area is 190 Å². The molecule has 1 saturated heterocycles. The number of carbonyl (C=O) groups is 2. The van der Waals surface area contributed by atoms with Crippen LogP contribution in [0.1, 0.15) is 35.2 Å². The molecule has 3 heterocycles. The third-order valence-electron chi connectivity index (χ3n) is 6.00. The first-order valence-electron chi connectivity index (χ1n) is 10.7. The van der Waals surface area contributed by atoms with E-state index in [0.717, 1.165) is 16.9 Å². The largest absolute Gasteiger partial charge is 0.508 e. The van der Waals surface area contributed by atoms with Gasteiger partial charge in [-0.25, -0.2) is 0 Å². The van der Waals surface area contributed by atoms with Gasteiger partial charge < -0.3 is 19.8 Å². The minimum Gasteiger partial charge on any atom is -0.508 e. The normalized spacial score (nSPS) is 21.2. The molecule has 7 nitrogen and oxygen atoms in total. The van der Waals surface area contributed by atoms with Crippen LogP contribution in [0.4, 0.5) is 0 Å². The molecule has 5 rings (SSSR count). The van der Waals surface area contributed by atoms with Crippen molar-refractivity contribution in [2.24, 2.45) is 0 Å². The van der Waals surface area contributed by atoms with E-state index in [0.29, 0.717) is 17.5 Å². The minimum absolute atomic E-state index is 0.00525. The fourth-order valence-corrected chi connectivity index (χ4v) is 4.49.